The Morgan fingerprint density at radius 1 is 1.35 bits per heavy atom. The molecule has 1 rings (SSSR count). The van der Waals surface area contributed by atoms with Crippen LogP contribution in [0.4, 0.5) is 5.13 Å². The second-order valence-electron chi connectivity index (χ2n) is 5.20. The first-order valence-corrected chi connectivity index (χ1v) is 6.81. The van der Waals surface area contributed by atoms with Crippen molar-refractivity contribution in [2.45, 2.75) is 27.2 Å². The Balaban J connectivity index is 2.45. The van der Waals surface area contributed by atoms with E-state index in [1.54, 1.807) is 26.2 Å². The maximum atomic E-state index is 11.6. The van der Waals surface area contributed by atoms with Crippen LogP contribution in [0.25, 0.3) is 0 Å². The van der Waals surface area contributed by atoms with Crippen molar-refractivity contribution in [3.8, 4) is 0 Å². The zero-order valence-corrected chi connectivity index (χ0v) is 12.3. The minimum atomic E-state index is -0.981. The Hall–Kier alpha value is -1.96. The molecule has 0 unspecified atom stereocenters. The third kappa shape index (κ3) is 5.35. The monoisotopic (exact) mass is 299 g/mol. The van der Waals surface area contributed by atoms with Crippen molar-refractivity contribution in [2.24, 2.45) is 5.41 Å². The highest BCUT2D eigenvalue weighted by Crippen LogP contribution is 2.16. The number of amides is 2. The second-order valence-corrected chi connectivity index (χ2v) is 6.05. The van der Waals surface area contributed by atoms with E-state index in [9.17, 15) is 14.4 Å². The molecule has 0 bridgehead atoms. The van der Waals surface area contributed by atoms with Gasteiger partial charge in [-0.1, -0.05) is 20.8 Å². The zero-order valence-electron chi connectivity index (χ0n) is 11.5. The number of nitrogens with zero attached hydrogens (tertiary/aromatic N) is 1. The number of anilines is 1. The summed E-state index contributed by atoms with van der Waals surface area (Å²) in [6.45, 7) is 5.10. The Morgan fingerprint density at radius 3 is 2.55 bits per heavy atom. The molecule has 0 saturated carbocycles. The van der Waals surface area contributed by atoms with Crippen LogP contribution in [-0.2, 0) is 20.8 Å². The van der Waals surface area contributed by atoms with Crippen molar-refractivity contribution in [3.63, 3.8) is 0 Å². The molecule has 0 aliphatic rings. The fourth-order valence-electron chi connectivity index (χ4n) is 1.19. The lowest BCUT2D eigenvalue weighted by atomic mass is 9.96. The standard InChI is InChI=1S/C12H17N3O4S/c1-12(2,3)10(19)13-5-8(16)15-11-14-7(6-20-11)4-9(17)18/h6H,4-5H2,1-3H3,(H,13,19)(H,17,18)(H,14,15,16). The van der Waals surface area contributed by atoms with Crippen molar-refractivity contribution in [1.82, 2.24) is 10.3 Å². The van der Waals surface area contributed by atoms with Crippen LogP contribution in [-0.4, -0.2) is 34.4 Å². The maximum absolute atomic E-state index is 11.6. The molecule has 20 heavy (non-hydrogen) atoms. The molecule has 1 heterocycles. The number of rotatable bonds is 5. The number of hydrogen-bond donors (Lipinski definition) is 3. The van der Waals surface area contributed by atoms with Crippen LogP contribution < -0.4 is 10.6 Å². The molecule has 0 aromatic carbocycles. The van der Waals surface area contributed by atoms with E-state index in [0.717, 1.165) is 11.3 Å². The van der Waals surface area contributed by atoms with Gasteiger partial charge in [0.15, 0.2) is 5.13 Å². The van der Waals surface area contributed by atoms with Crippen molar-refractivity contribution in [1.29, 1.82) is 0 Å². The van der Waals surface area contributed by atoms with E-state index in [0.29, 0.717) is 10.8 Å². The number of aromatic nitrogens is 1. The van der Waals surface area contributed by atoms with Crippen molar-refractivity contribution >= 4 is 34.3 Å². The van der Waals surface area contributed by atoms with Crippen LogP contribution in [0.5, 0.6) is 0 Å². The highest BCUT2D eigenvalue weighted by atomic mass is 32.1. The third-order valence-corrected chi connectivity index (χ3v) is 3.03. The van der Waals surface area contributed by atoms with Crippen LogP contribution in [0, 0.1) is 5.41 Å². The van der Waals surface area contributed by atoms with E-state index in [-0.39, 0.29) is 18.9 Å². The van der Waals surface area contributed by atoms with Crippen LogP contribution in [0.1, 0.15) is 26.5 Å². The van der Waals surface area contributed by atoms with Gasteiger partial charge in [-0.15, -0.1) is 11.3 Å². The van der Waals surface area contributed by atoms with Gasteiger partial charge < -0.3 is 15.7 Å². The van der Waals surface area contributed by atoms with Crippen LogP contribution in [0.2, 0.25) is 0 Å². The van der Waals surface area contributed by atoms with Crippen molar-refractivity contribution in [2.75, 3.05) is 11.9 Å². The van der Waals surface area contributed by atoms with Gasteiger partial charge in [0.2, 0.25) is 11.8 Å². The Morgan fingerprint density at radius 2 is 2.00 bits per heavy atom. The first-order chi connectivity index (χ1) is 9.18. The van der Waals surface area contributed by atoms with Crippen molar-refractivity contribution < 1.29 is 19.5 Å². The summed E-state index contributed by atoms with van der Waals surface area (Å²) < 4.78 is 0. The predicted molar refractivity (Wildman–Crippen MR) is 74.5 cm³/mol. The summed E-state index contributed by atoms with van der Waals surface area (Å²) in [6.07, 6.45) is -0.187. The fraction of sp³-hybridized carbons (Fsp3) is 0.500. The summed E-state index contributed by atoms with van der Waals surface area (Å²) in [5.41, 5.74) is -0.174. The molecule has 0 atom stereocenters. The smallest absolute Gasteiger partial charge is 0.309 e. The van der Waals surface area contributed by atoms with Gasteiger partial charge in [0.25, 0.3) is 0 Å². The number of carboxylic acid groups (broad SMARTS) is 1. The van der Waals surface area contributed by atoms with E-state index < -0.39 is 17.3 Å². The van der Waals surface area contributed by atoms with Gasteiger partial charge in [-0.05, 0) is 0 Å². The van der Waals surface area contributed by atoms with Gasteiger partial charge in [0, 0.05) is 10.8 Å². The average molecular weight is 299 g/mol. The molecular formula is C12H17N3O4S. The third-order valence-electron chi connectivity index (χ3n) is 2.22. The van der Waals surface area contributed by atoms with E-state index in [1.165, 1.54) is 0 Å². The topological polar surface area (TPSA) is 108 Å². The number of carbonyl (C=O) groups is 3. The maximum Gasteiger partial charge on any atom is 0.309 e. The molecule has 110 valence electrons. The highest BCUT2D eigenvalue weighted by Gasteiger charge is 2.21. The van der Waals surface area contributed by atoms with Gasteiger partial charge in [-0.3, -0.25) is 14.4 Å². The van der Waals surface area contributed by atoms with E-state index in [2.05, 4.69) is 15.6 Å². The first-order valence-electron chi connectivity index (χ1n) is 5.93. The number of carbonyl (C=O) groups excluding carboxylic acids is 2. The highest BCUT2D eigenvalue weighted by molar-refractivity contribution is 7.13. The summed E-state index contributed by atoms with van der Waals surface area (Å²) >= 11 is 1.14. The molecule has 0 radical (unpaired) electrons. The fourth-order valence-corrected chi connectivity index (χ4v) is 1.92. The molecule has 7 nitrogen and oxygen atoms in total. The van der Waals surface area contributed by atoms with Gasteiger partial charge in [0.1, 0.15) is 0 Å². The summed E-state index contributed by atoms with van der Waals surface area (Å²) in [6, 6.07) is 0. The summed E-state index contributed by atoms with van der Waals surface area (Å²) in [5.74, 6) is -1.61. The lowest BCUT2D eigenvalue weighted by molar-refractivity contribution is -0.136. The number of hydrogen-bond acceptors (Lipinski definition) is 5. The average Bonchev–Trinajstić information content (AvgIpc) is 2.71. The molecule has 0 aliphatic carbocycles. The summed E-state index contributed by atoms with van der Waals surface area (Å²) in [7, 11) is 0. The molecule has 3 N–H and O–H groups in total. The molecule has 1 aromatic rings. The van der Waals surface area contributed by atoms with E-state index in [4.69, 9.17) is 5.11 Å². The zero-order chi connectivity index (χ0) is 15.3. The minimum Gasteiger partial charge on any atom is -0.481 e. The Bertz CT molecular complexity index is 519. The minimum absolute atomic E-state index is 0.149. The number of carboxylic acids is 1. The molecule has 1 aromatic heterocycles. The normalized spacial score (nSPS) is 10.9. The quantitative estimate of drug-likeness (QED) is 0.747. The largest absolute Gasteiger partial charge is 0.481 e. The Kier molecular flexibility index (Phi) is 5.20. The number of nitrogens with one attached hydrogen (secondary N) is 2. The SMILES string of the molecule is CC(C)(C)C(=O)NCC(=O)Nc1nc(CC(=O)O)cs1. The molecule has 0 spiro atoms. The number of aliphatic carboxylic acids is 1. The lowest BCUT2D eigenvalue weighted by Gasteiger charge is -2.17. The van der Waals surface area contributed by atoms with Crippen LogP contribution >= 0.6 is 11.3 Å². The lowest BCUT2D eigenvalue weighted by Crippen LogP contribution is -2.39. The van der Waals surface area contributed by atoms with Crippen LogP contribution in [0.15, 0.2) is 5.38 Å². The Labute approximate surface area is 120 Å². The molecule has 8 heteroatoms. The molecule has 0 aliphatic heterocycles. The molecule has 0 fully saturated rings. The van der Waals surface area contributed by atoms with Gasteiger partial charge in [-0.2, -0.15) is 0 Å². The van der Waals surface area contributed by atoms with Crippen molar-refractivity contribution in [3.05, 3.63) is 11.1 Å². The summed E-state index contributed by atoms with van der Waals surface area (Å²) in [5, 5.41) is 15.5. The summed E-state index contributed by atoms with van der Waals surface area (Å²) in [4.78, 5) is 37.6. The molecular weight excluding hydrogens is 282 g/mol. The number of thiazole rings is 1. The van der Waals surface area contributed by atoms with E-state index in [1.807, 2.05) is 0 Å². The molecule has 2 amide bonds. The van der Waals surface area contributed by atoms with Gasteiger partial charge >= 0.3 is 5.97 Å². The van der Waals surface area contributed by atoms with Gasteiger partial charge in [-0.25, -0.2) is 4.98 Å². The first kappa shape index (κ1) is 16.1. The second kappa shape index (κ2) is 6.47. The predicted octanol–water partition coefficient (Wildman–Crippen LogP) is 0.871. The van der Waals surface area contributed by atoms with E-state index >= 15 is 0 Å². The van der Waals surface area contributed by atoms with Crippen LogP contribution in [0.3, 0.4) is 0 Å². The van der Waals surface area contributed by atoms with Gasteiger partial charge in [0.05, 0.1) is 18.7 Å². The molecule has 0 saturated heterocycles.